The van der Waals surface area contributed by atoms with Gasteiger partial charge in [0.05, 0.1) is 10.9 Å². The largest absolute Gasteiger partial charge is 0.304 e. The molecule has 1 atom stereocenters. The Hall–Kier alpha value is -0.960. The van der Waals surface area contributed by atoms with Crippen LogP contribution in [0.1, 0.15) is 10.9 Å². The minimum Gasteiger partial charge on any atom is -0.304 e. The van der Waals surface area contributed by atoms with Gasteiger partial charge in [-0.1, -0.05) is 23.7 Å². The summed E-state index contributed by atoms with van der Waals surface area (Å²) >= 11 is 7.59. The summed E-state index contributed by atoms with van der Waals surface area (Å²) in [7, 11) is -1.47. The molecule has 1 aliphatic heterocycles. The summed E-state index contributed by atoms with van der Waals surface area (Å²) < 4.78 is 28.0. The summed E-state index contributed by atoms with van der Waals surface area (Å²) in [5.41, 5.74) is 0. The molecule has 3 rings (SSSR count). The standard InChI is InChI=1S/C17H22ClN3O2S2/c1-20-7-9-21(10-8-20)16(17-6-3-11-24-17)13-19-25(22,23)15-5-2-4-14(18)12-15/h2-6,11-12,16,19H,7-10,13H2,1H3. The molecule has 0 amide bonds. The number of benzene rings is 1. The molecule has 1 aliphatic rings. The molecule has 5 nitrogen and oxygen atoms in total. The molecule has 1 aromatic carbocycles. The number of likely N-dealkylation sites (N-methyl/N-ethyl adjacent to an activating group) is 1. The lowest BCUT2D eigenvalue weighted by atomic mass is 10.2. The SMILES string of the molecule is CN1CCN(C(CNS(=O)(=O)c2cccc(Cl)c2)c2cccs2)CC1. The van der Waals surface area contributed by atoms with Crippen molar-refractivity contribution in [2.75, 3.05) is 39.8 Å². The molecule has 2 heterocycles. The van der Waals surface area contributed by atoms with E-state index in [4.69, 9.17) is 11.6 Å². The van der Waals surface area contributed by atoms with E-state index in [0.717, 1.165) is 26.2 Å². The zero-order chi connectivity index (χ0) is 17.9. The van der Waals surface area contributed by atoms with Crippen molar-refractivity contribution in [1.29, 1.82) is 0 Å². The third kappa shape index (κ3) is 4.81. The first-order valence-electron chi connectivity index (χ1n) is 8.17. The van der Waals surface area contributed by atoms with Crippen LogP contribution in [0.5, 0.6) is 0 Å². The van der Waals surface area contributed by atoms with Crippen LogP contribution < -0.4 is 4.72 Å². The molecule has 2 aromatic rings. The fourth-order valence-corrected chi connectivity index (χ4v) is 5.13. The van der Waals surface area contributed by atoms with Crippen LogP contribution in [-0.2, 0) is 10.0 Å². The molecule has 1 saturated heterocycles. The number of nitrogens with one attached hydrogen (secondary N) is 1. The van der Waals surface area contributed by atoms with Crippen molar-refractivity contribution in [2.45, 2.75) is 10.9 Å². The van der Waals surface area contributed by atoms with Crippen LogP contribution in [0, 0.1) is 0 Å². The quantitative estimate of drug-likeness (QED) is 0.811. The molecule has 136 valence electrons. The van der Waals surface area contributed by atoms with Crippen molar-refractivity contribution in [3.05, 3.63) is 51.7 Å². The van der Waals surface area contributed by atoms with Crippen LogP contribution in [0.15, 0.2) is 46.7 Å². The average Bonchev–Trinajstić information content (AvgIpc) is 3.11. The molecule has 8 heteroatoms. The lowest BCUT2D eigenvalue weighted by Gasteiger charge is -2.37. The van der Waals surface area contributed by atoms with Crippen LogP contribution in [0.2, 0.25) is 5.02 Å². The molecule has 1 unspecified atom stereocenters. The maximum absolute atomic E-state index is 12.6. The minimum absolute atomic E-state index is 0.0441. The molecule has 0 saturated carbocycles. The van der Waals surface area contributed by atoms with Crippen molar-refractivity contribution in [3.8, 4) is 0 Å². The highest BCUT2D eigenvalue weighted by Gasteiger charge is 2.26. The van der Waals surface area contributed by atoms with Gasteiger partial charge in [0.1, 0.15) is 0 Å². The van der Waals surface area contributed by atoms with E-state index >= 15 is 0 Å². The minimum atomic E-state index is -3.59. The Bertz CT molecular complexity index is 788. The van der Waals surface area contributed by atoms with E-state index in [1.807, 2.05) is 11.4 Å². The van der Waals surface area contributed by atoms with Gasteiger partial charge in [-0.05, 0) is 36.7 Å². The summed E-state index contributed by atoms with van der Waals surface area (Å²) in [6.45, 7) is 4.18. The van der Waals surface area contributed by atoms with Crippen molar-refractivity contribution < 1.29 is 8.42 Å². The monoisotopic (exact) mass is 399 g/mol. The second-order valence-electron chi connectivity index (χ2n) is 6.18. The first kappa shape index (κ1) is 18.8. The molecule has 1 fully saturated rings. The fourth-order valence-electron chi connectivity index (χ4n) is 2.93. The molecular weight excluding hydrogens is 378 g/mol. The third-order valence-electron chi connectivity index (χ3n) is 4.42. The summed E-state index contributed by atoms with van der Waals surface area (Å²) in [4.78, 5) is 6.02. The molecule has 25 heavy (non-hydrogen) atoms. The zero-order valence-electron chi connectivity index (χ0n) is 14.1. The van der Waals surface area contributed by atoms with E-state index in [2.05, 4.69) is 27.6 Å². The molecule has 1 N–H and O–H groups in total. The molecule has 0 spiro atoms. The predicted octanol–water partition coefficient (Wildman–Crippen LogP) is 2.67. The first-order chi connectivity index (χ1) is 12.0. The van der Waals surface area contributed by atoms with Crippen LogP contribution in [-0.4, -0.2) is 58.0 Å². The first-order valence-corrected chi connectivity index (χ1v) is 10.9. The van der Waals surface area contributed by atoms with E-state index in [-0.39, 0.29) is 10.9 Å². The number of hydrogen-bond donors (Lipinski definition) is 1. The van der Waals surface area contributed by atoms with Crippen molar-refractivity contribution in [3.63, 3.8) is 0 Å². The van der Waals surface area contributed by atoms with Crippen LogP contribution in [0.3, 0.4) is 0 Å². The Morgan fingerprint density at radius 3 is 2.60 bits per heavy atom. The molecule has 1 aromatic heterocycles. The van der Waals surface area contributed by atoms with E-state index in [9.17, 15) is 8.42 Å². The average molecular weight is 400 g/mol. The molecule has 0 radical (unpaired) electrons. The topological polar surface area (TPSA) is 52.6 Å². The van der Waals surface area contributed by atoms with Gasteiger partial charge in [0.15, 0.2) is 0 Å². The molecule has 0 bridgehead atoms. The fraction of sp³-hybridized carbons (Fsp3) is 0.412. The number of rotatable bonds is 6. The van der Waals surface area contributed by atoms with Gasteiger partial charge in [0.2, 0.25) is 10.0 Å². The zero-order valence-corrected chi connectivity index (χ0v) is 16.4. The Morgan fingerprint density at radius 2 is 1.96 bits per heavy atom. The lowest BCUT2D eigenvalue weighted by Crippen LogP contribution is -2.48. The number of hydrogen-bond acceptors (Lipinski definition) is 5. The Morgan fingerprint density at radius 1 is 1.20 bits per heavy atom. The lowest BCUT2D eigenvalue weighted by molar-refractivity contribution is 0.114. The smallest absolute Gasteiger partial charge is 0.240 e. The van der Waals surface area contributed by atoms with Gasteiger partial charge in [-0.15, -0.1) is 11.3 Å². The maximum atomic E-state index is 12.6. The van der Waals surface area contributed by atoms with E-state index in [0.29, 0.717) is 11.6 Å². The summed E-state index contributed by atoms with van der Waals surface area (Å²) in [5, 5.41) is 2.45. The highest BCUT2D eigenvalue weighted by Crippen LogP contribution is 2.26. The number of halogens is 1. The van der Waals surface area contributed by atoms with Gasteiger partial charge in [0, 0.05) is 42.6 Å². The summed E-state index contributed by atoms with van der Waals surface area (Å²) in [5.74, 6) is 0. The highest BCUT2D eigenvalue weighted by atomic mass is 35.5. The van der Waals surface area contributed by atoms with Crippen molar-refractivity contribution >= 4 is 33.0 Å². The van der Waals surface area contributed by atoms with Gasteiger partial charge in [-0.25, -0.2) is 13.1 Å². The van der Waals surface area contributed by atoms with Crippen LogP contribution in [0.25, 0.3) is 0 Å². The number of nitrogens with zero attached hydrogens (tertiary/aromatic N) is 2. The summed E-state index contributed by atoms with van der Waals surface area (Å²) in [6, 6.07) is 10.5. The number of thiophene rings is 1. The third-order valence-corrected chi connectivity index (χ3v) is 7.05. The van der Waals surface area contributed by atoms with E-state index in [1.54, 1.807) is 29.5 Å². The van der Waals surface area contributed by atoms with Gasteiger partial charge >= 0.3 is 0 Å². The Kier molecular flexibility index (Phi) is 6.14. The predicted molar refractivity (Wildman–Crippen MR) is 103 cm³/mol. The van der Waals surface area contributed by atoms with E-state index in [1.165, 1.54) is 10.9 Å². The van der Waals surface area contributed by atoms with Crippen LogP contribution in [0.4, 0.5) is 0 Å². The van der Waals surface area contributed by atoms with Gasteiger partial charge < -0.3 is 4.90 Å². The van der Waals surface area contributed by atoms with Crippen molar-refractivity contribution in [1.82, 2.24) is 14.5 Å². The molecule has 0 aliphatic carbocycles. The van der Waals surface area contributed by atoms with E-state index < -0.39 is 10.0 Å². The number of piperazine rings is 1. The molecular formula is C17H22ClN3O2S2. The normalized spacial score (nSPS) is 18.3. The Labute approximate surface area is 158 Å². The highest BCUT2D eigenvalue weighted by molar-refractivity contribution is 7.89. The van der Waals surface area contributed by atoms with Gasteiger partial charge in [-0.2, -0.15) is 0 Å². The second-order valence-corrected chi connectivity index (χ2v) is 9.36. The van der Waals surface area contributed by atoms with Gasteiger partial charge in [0.25, 0.3) is 0 Å². The van der Waals surface area contributed by atoms with Crippen molar-refractivity contribution in [2.24, 2.45) is 0 Å². The Balaban J connectivity index is 1.74. The number of sulfonamides is 1. The maximum Gasteiger partial charge on any atom is 0.240 e. The summed E-state index contributed by atoms with van der Waals surface area (Å²) in [6.07, 6.45) is 0. The second kappa shape index (κ2) is 8.16. The van der Waals surface area contributed by atoms with Gasteiger partial charge in [-0.3, -0.25) is 4.90 Å². The van der Waals surface area contributed by atoms with Crippen LogP contribution >= 0.6 is 22.9 Å².